The number of nitrogens with two attached hydrogens (primary N) is 1. The third-order valence-electron chi connectivity index (χ3n) is 2.00. The Labute approximate surface area is 77.4 Å². The number of primary amides is 1. The third-order valence-corrected chi connectivity index (χ3v) is 2.00. The molecule has 0 fully saturated rings. The molecule has 0 rings (SSSR count). The van der Waals surface area contributed by atoms with Crippen LogP contribution in [0.25, 0.3) is 0 Å². The predicted octanol–water partition coefficient (Wildman–Crippen LogP) is 0.775. The zero-order valence-electron chi connectivity index (χ0n) is 7.86. The first-order valence-corrected chi connectivity index (χ1v) is 4.14. The minimum Gasteiger partial charge on any atom is -0.481 e. The molecule has 0 aliphatic heterocycles. The summed E-state index contributed by atoms with van der Waals surface area (Å²) in [7, 11) is 0. The van der Waals surface area contributed by atoms with E-state index in [0.717, 1.165) is 0 Å². The number of aliphatic carboxylic acids is 1. The second-order valence-electron chi connectivity index (χ2n) is 2.94. The van der Waals surface area contributed by atoms with Gasteiger partial charge in [0, 0.05) is 5.92 Å². The fourth-order valence-corrected chi connectivity index (χ4v) is 1.000. The van der Waals surface area contributed by atoms with Gasteiger partial charge in [-0.05, 0) is 13.3 Å². The molecule has 0 aromatic carbocycles. The molecule has 0 spiro atoms. The van der Waals surface area contributed by atoms with Gasteiger partial charge in [-0.3, -0.25) is 9.59 Å². The molecule has 0 aliphatic carbocycles. The molecule has 4 heteroatoms. The first-order valence-electron chi connectivity index (χ1n) is 4.14. The Morgan fingerprint density at radius 3 is 2.38 bits per heavy atom. The highest BCUT2D eigenvalue weighted by molar-refractivity contribution is 5.83. The molecular formula is C9H15NO3. The molecule has 2 unspecified atom stereocenters. The Morgan fingerprint density at radius 1 is 1.54 bits per heavy atom. The van der Waals surface area contributed by atoms with Crippen LogP contribution in [0.5, 0.6) is 0 Å². The van der Waals surface area contributed by atoms with E-state index >= 15 is 0 Å². The lowest BCUT2D eigenvalue weighted by atomic mass is 9.90. The minimum atomic E-state index is -0.982. The van der Waals surface area contributed by atoms with Gasteiger partial charge in [0.15, 0.2) is 0 Å². The topological polar surface area (TPSA) is 80.4 Å². The summed E-state index contributed by atoms with van der Waals surface area (Å²) in [5, 5.41) is 8.78. The van der Waals surface area contributed by atoms with Crippen molar-refractivity contribution in [3.63, 3.8) is 0 Å². The van der Waals surface area contributed by atoms with Crippen molar-refractivity contribution in [3.05, 3.63) is 12.2 Å². The molecule has 0 aromatic heterocycles. The second-order valence-corrected chi connectivity index (χ2v) is 2.94. The molecule has 0 bridgehead atoms. The molecule has 3 N–H and O–H groups in total. The molecule has 0 saturated heterocycles. The summed E-state index contributed by atoms with van der Waals surface area (Å²) in [6.45, 7) is 3.33. The van der Waals surface area contributed by atoms with Crippen LogP contribution in [0, 0.1) is 11.8 Å². The largest absolute Gasteiger partial charge is 0.481 e. The van der Waals surface area contributed by atoms with Gasteiger partial charge in [0.25, 0.3) is 0 Å². The zero-order chi connectivity index (χ0) is 10.4. The van der Waals surface area contributed by atoms with E-state index in [2.05, 4.69) is 0 Å². The number of carbonyl (C=O) groups is 2. The van der Waals surface area contributed by atoms with Gasteiger partial charge in [-0.1, -0.05) is 19.1 Å². The van der Waals surface area contributed by atoms with Crippen molar-refractivity contribution in [3.8, 4) is 0 Å². The quantitative estimate of drug-likeness (QED) is 0.621. The van der Waals surface area contributed by atoms with Gasteiger partial charge in [0.2, 0.25) is 5.91 Å². The zero-order valence-corrected chi connectivity index (χ0v) is 7.86. The summed E-state index contributed by atoms with van der Waals surface area (Å²) in [6.07, 6.45) is 3.82. The lowest BCUT2D eigenvalue weighted by molar-refractivity contribution is -0.146. The lowest BCUT2D eigenvalue weighted by Gasteiger charge is -2.14. The Hall–Kier alpha value is -1.32. The molecule has 0 radical (unpaired) electrons. The van der Waals surface area contributed by atoms with E-state index in [1.165, 1.54) is 6.92 Å². The first kappa shape index (κ1) is 11.7. The Balaban J connectivity index is 4.41. The van der Waals surface area contributed by atoms with E-state index in [0.29, 0.717) is 6.42 Å². The third kappa shape index (κ3) is 3.73. The van der Waals surface area contributed by atoms with Crippen LogP contribution in [0.15, 0.2) is 12.2 Å². The number of carboxylic acids is 1. The lowest BCUT2D eigenvalue weighted by Crippen LogP contribution is -2.32. The van der Waals surface area contributed by atoms with Crippen LogP contribution in [0.1, 0.15) is 20.3 Å². The van der Waals surface area contributed by atoms with Gasteiger partial charge in [-0.25, -0.2) is 0 Å². The molecule has 74 valence electrons. The maximum Gasteiger partial charge on any atom is 0.307 e. The Kier molecular flexibility index (Phi) is 4.80. The van der Waals surface area contributed by atoms with Crippen molar-refractivity contribution >= 4 is 11.9 Å². The number of hydrogen-bond acceptors (Lipinski definition) is 2. The van der Waals surface area contributed by atoms with Crippen LogP contribution in [0.3, 0.4) is 0 Å². The fourth-order valence-electron chi connectivity index (χ4n) is 1.000. The second kappa shape index (κ2) is 5.35. The summed E-state index contributed by atoms with van der Waals surface area (Å²) >= 11 is 0. The van der Waals surface area contributed by atoms with Crippen LogP contribution in [-0.4, -0.2) is 17.0 Å². The van der Waals surface area contributed by atoms with Gasteiger partial charge >= 0.3 is 5.97 Å². The van der Waals surface area contributed by atoms with Gasteiger partial charge in [-0.2, -0.15) is 0 Å². The highest BCUT2D eigenvalue weighted by Gasteiger charge is 2.27. The smallest absolute Gasteiger partial charge is 0.307 e. The van der Waals surface area contributed by atoms with Gasteiger partial charge in [-0.15, -0.1) is 0 Å². The average molecular weight is 185 g/mol. The number of allylic oxidation sites excluding steroid dienone is 2. The van der Waals surface area contributed by atoms with Crippen molar-refractivity contribution in [2.24, 2.45) is 17.6 Å². The summed E-state index contributed by atoms with van der Waals surface area (Å²) in [4.78, 5) is 21.5. The number of carboxylic acid groups (broad SMARTS) is 1. The van der Waals surface area contributed by atoms with E-state index in [1.54, 1.807) is 19.1 Å². The van der Waals surface area contributed by atoms with Crippen molar-refractivity contribution in [2.75, 3.05) is 0 Å². The van der Waals surface area contributed by atoms with E-state index in [9.17, 15) is 9.59 Å². The summed E-state index contributed by atoms with van der Waals surface area (Å²) in [6, 6.07) is 0. The minimum absolute atomic E-state index is 0.343. The summed E-state index contributed by atoms with van der Waals surface area (Å²) in [5.74, 6) is -2.90. The molecule has 0 heterocycles. The first-order chi connectivity index (χ1) is 6.00. The van der Waals surface area contributed by atoms with Gasteiger partial charge < -0.3 is 10.8 Å². The molecular weight excluding hydrogens is 170 g/mol. The highest BCUT2D eigenvalue weighted by Crippen LogP contribution is 2.16. The van der Waals surface area contributed by atoms with E-state index in [4.69, 9.17) is 10.8 Å². The summed E-state index contributed by atoms with van der Waals surface area (Å²) in [5.41, 5.74) is 5.02. The molecule has 1 amide bonds. The summed E-state index contributed by atoms with van der Waals surface area (Å²) < 4.78 is 0. The van der Waals surface area contributed by atoms with Crippen molar-refractivity contribution < 1.29 is 14.7 Å². The molecule has 13 heavy (non-hydrogen) atoms. The predicted molar refractivity (Wildman–Crippen MR) is 48.9 cm³/mol. The van der Waals surface area contributed by atoms with Crippen molar-refractivity contribution in [1.82, 2.24) is 0 Å². The molecule has 0 saturated carbocycles. The number of hydrogen-bond donors (Lipinski definition) is 2. The van der Waals surface area contributed by atoms with Crippen LogP contribution in [0.2, 0.25) is 0 Å². The Bertz CT molecular complexity index is 223. The van der Waals surface area contributed by atoms with Crippen LogP contribution < -0.4 is 5.73 Å². The van der Waals surface area contributed by atoms with Crippen molar-refractivity contribution in [2.45, 2.75) is 20.3 Å². The van der Waals surface area contributed by atoms with Crippen molar-refractivity contribution in [1.29, 1.82) is 0 Å². The van der Waals surface area contributed by atoms with E-state index in [-0.39, 0.29) is 0 Å². The van der Waals surface area contributed by atoms with E-state index in [1.807, 2.05) is 0 Å². The SMILES string of the molecule is CC=CCC(C(=O)O)C(C)C(N)=O. The molecule has 0 aromatic rings. The fraction of sp³-hybridized carbons (Fsp3) is 0.556. The molecule has 2 atom stereocenters. The normalized spacial score (nSPS) is 15.5. The number of rotatable bonds is 5. The number of carbonyl (C=O) groups excluding carboxylic acids is 1. The number of amides is 1. The van der Waals surface area contributed by atoms with Crippen LogP contribution in [0.4, 0.5) is 0 Å². The van der Waals surface area contributed by atoms with Crippen LogP contribution in [-0.2, 0) is 9.59 Å². The standard InChI is InChI=1S/C9H15NO3/c1-3-4-5-7(9(12)13)6(2)8(10)11/h3-4,6-7H,5H2,1-2H3,(H2,10,11)(H,12,13). The van der Waals surface area contributed by atoms with Gasteiger partial charge in [0.05, 0.1) is 5.92 Å². The Morgan fingerprint density at radius 2 is 2.08 bits per heavy atom. The monoisotopic (exact) mass is 185 g/mol. The maximum atomic E-state index is 10.7. The van der Waals surface area contributed by atoms with Gasteiger partial charge in [0.1, 0.15) is 0 Å². The molecule has 0 aliphatic rings. The van der Waals surface area contributed by atoms with Crippen LogP contribution >= 0.6 is 0 Å². The molecule has 4 nitrogen and oxygen atoms in total. The maximum absolute atomic E-state index is 10.7. The average Bonchev–Trinajstić information content (AvgIpc) is 2.04. The highest BCUT2D eigenvalue weighted by atomic mass is 16.4. The van der Waals surface area contributed by atoms with E-state index < -0.39 is 23.7 Å².